The summed E-state index contributed by atoms with van der Waals surface area (Å²) in [5.41, 5.74) is 2.17. The van der Waals surface area contributed by atoms with Crippen molar-refractivity contribution in [2.24, 2.45) is 5.92 Å². The van der Waals surface area contributed by atoms with Gasteiger partial charge in [0.1, 0.15) is 0 Å². The van der Waals surface area contributed by atoms with Crippen LogP contribution in [0.1, 0.15) is 17.7 Å². The Morgan fingerprint density at radius 1 is 1.62 bits per heavy atom. The average molecular weight is 238 g/mol. The lowest BCUT2D eigenvalue weighted by molar-refractivity contribution is -0.145. The van der Waals surface area contributed by atoms with E-state index in [0.29, 0.717) is 6.42 Å². The maximum absolute atomic E-state index is 11.4. The molecule has 1 aliphatic rings. The van der Waals surface area contributed by atoms with Crippen molar-refractivity contribution in [3.05, 3.63) is 17.5 Å². The topological polar surface area (TPSA) is 52.1 Å². The number of rotatable bonds is 2. The predicted molar refractivity (Wildman–Crippen MR) is 61.3 cm³/mol. The summed E-state index contributed by atoms with van der Waals surface area (Å²) in [4.78, 5) is 20.1. The van der Waals surface area contributed by atoms with Crippen molar-refractivity contribution in [2.75, 3.05) is 13.4 Å². The second-order valence-corrected chi connectivity index (χ2v) is 4.56. The van der Waals surface area contributed by atoms with Crippen LogP contribution in [0, 0.1) is 5.92 Å². The van der Waals surface area contributed by atoms with E-state index in [0.717, 1.165) is 29.3 Å². The van der Waals surface area contributed by atoms with Gasteiger partial charge < -0.3 is 4.74 Å². The zero-order valence-corrected chi connectivity index (χ0v) is 10.2. The number of ether oxygens (including phenoxy) is 1. The van der Waals surface area contributed by atoms with Gasteiger partial charge in [0.25, 0.3) is 0 Å². The molecule has 5 heteroatoms. The third-order valence-electron chi connectivity index (χ3n) is 2.85. The van der Waals surface area contributed by atoms with Gasteiger partial charge in [-0.05, 0) is 31.1 Å². The molecular formula is C11H14N2O2S. The minimum absolute atomic E-state index is 0.0266. The summed E-state index contributed by atoms with van der Waals surface area (Å²) >= 11 is 1.54. The molecule has 1 aromatic rings. The standard InChI is InChI=1S/C11H14N2O2S/c1-15-10(14)7-3-4-9-8(5-7)6-12-11(13-9)16-2/h6-7H,3-5H2,1-2H3. The number of hydrogen-bond acceptors (Lipinski definition) is 5. The molecule has 1 unspecified atom stereocenters. The highest BCUT2D eigenvalue weighted by molar-refractivity contribution is 7.98. The maximum atomic E-state index is 11.4. The van der Waals surface area contributed by atoms with Crippen LogP contribution in [0.15, 0.2) is 11.4 Å². The molecule has 1 heterocycles. The van der Waals surface area contributed by atoms with Crippen LogP contribution in [0.2, 0.25) is 0 Å². The van der Waals surface area contributed by atoms with Crippen molar-refractivity contribution in [1.29, 1.82) is 0 Å². The second-order valence-electron chi connectivity index (χ2n) is 3.79. The first-order valence-corrected chi connectivity index (χ1v) is 6.43. The van der Waals surface area contributed by atoms with Crippen molar-refractivity contribution < 1.29 is 9.53 Å². The van der Waals surface area contributed by atoms with E-state index < -0.39 is 0 Å². The normalized spacial score (nSPS) is 19.0. The Morgan fingerprint density at radius 2 is 2.44 bits per heavy atom. The monoisotopic (exact) mass is 238 g/mol. The highest BCUT2D eigenvalue weighted by Gasteiger charge is 2.26. The molecule has 16 heavy (non-hydrogen) atoms. The Bertz CT molecular complexity index is 409. The fraction of sp³-hybridized carbons (Fsp3) is 0.545. The fourth-order valence-electron chi connectivity index (χ4n) is 1.96. The summed E-state index contributed by atoms with van der Waals surface area (Å²) < 4.78 is 4.77. The molecular weight excluding hydrogens is 224 g/mol. The summed E-state index contributed by atoms with van der Waals surface area (Å²) in [7, 11) is 1.44. The number of aryl methyl sites for hydroxylation is 1. The molecule has 0 aromatic carbocycles. The molecule has 0 saturated carbocycles. The molecule has 2 rings (SSSR count). The Kier molecular flexibility index (Phi) is 3.43. The zero-order valence-electron chi connectivity index (χ0n) is 9.40. The van der Waals surface area contributed by atoms with Crippen molar-refractivity contribution in [3.63, 3.8) is 0 Å². The van der Waals surface area contributed by atoms with Gasteiger partial charge in [-0.25, -0.2) is 9.97 Å². The number of carbonyl (C=O) groups excluding carboxylic acids is 1. The number of aromatic nitrogens is 2. The second kappa shape index (κ2) is 4.82. The Morgan fingerprint density at radius 3 is 3.12 bits per heavy atom. The van der Waals surface area contributed by atoms with Crippen LogP contribution in [-0.2, 0) is 22.4 Å². The maximum Gasteiger partial charge on any atom is 0.309 e. The number of thioether (sulfide) groups is 1. The Hall–Kier alpha value is -1.10. The molecule has 1 aromatic heterocycles. The average Bonchev–Trinajstić information content (AvgIpc) is 2.36. The smallest absolute Gasteiger partial charge is 0.309 e. The van der Waals surface area contributed by atoms with E-state index in [1.165, 1.54) is 18.9 Å². The molecule has 0 amide bonds. The summed E-state index contributed by atoms with van der Waals surface area (Å²) in [6, 6.07) is 0. The molecule has 0 aliphatic heterocycles. The van der Waals surface area contributed by atoms with E-state index in [4.69, 9.17) is 4.74 Å². The molecule has 1 aliphatic carbocycles. The van der Waals surface area contributed by atoms with Crippen LogP contribution in [-0.4, -0.2) is 29.3 Å². The number of fused-ring (bicyclic) bond motifs is 1. The van der Waals surface area contributed by atoms with Crippen molar-refractivity contribution in [3.8, 4) is 0 Å². The van der Waals surface area contributed by atoms with Crippen LogP contribution in [0.5, 0.6) is 0 Å². The Labute approximate surface area is 98.8 Å². The zero-order chi connectivity index (χ0) is 11.5. The third kappa shape index (κ3) is 2.19. The van der Waals surface area contributed by atoms with Gasteiger partial charge in [-0.3, -0.25) is 4.79 Å². The first kappa shape index (κ1) is 11.4. The number of nitrogens with zero attached hydrogens (tertiary/aromatic N) is 2. The molecule has 0 radical (unpaired) electrons. The first-order chi connectivity index (χ1) is 7.74. The largest absolute Gasteiger partial charge is 0.469 e. The molecule has 0 spiro atoms. The van der Waals surface area contributed by atoms with Gasteiger partial charge in [-0.15, -0.1) is 0 Å². The number of esters is 1. The van der Waals surface area contributed by atoms with E-state index >= 15 is 0 Å². The van der Waals surface area contributed by atoms with E-state index in [2.05, 4.69) is 9.97 Å². The highest BCUT2D eigenvalue weighted by atomic mass is 32.2. The first-order valence-electron chi connectivity index (χ1n) is 5.21. The highest BCUT2D eigenvalue weighted by Crippen LogP contribution is 2.25. The molecule has 0 bridgehead atoms. The van der Waals surface area contributed by atoms with Crippen molar-refractivity contribution in [2.45, 2.75) is 24.4 Å². The van der Waals surface area contributed by atoms with E-state index in [1.54, 1.807) is 0 Å². The lowest BCUT2D eigenvalue weighted by Gasteiger charge is -2.21. The molecule has 0 fully saturated rings. The summed E-state index contributed by atoms with van der Waals surface area (Å²) in [6.45, 7) is 0. The van der Waals surface area contributed by atoms with Crippen LogP contribution >= 0.6 is 11.8 Å². The Balaban J connectivity index is 2.18. The van der Waals surface area contributed by atoms with Gasteiger partial charge in [0, 0.05) is 11.9 Å². The molecule has 4 nitrogen and oxygen atoms in total. The van der Waals surface area contributed by atoms with Crippen LogP contribution in [0.3, 0.4) is 0 Å². The molecule has 1 atom stereocenters. The minimum atomic E-state index is -0.125. The van der Waals surface area contributed by atoms with Crippen LogP contribution in [0.4, 0.5) is 0 Å². The summed E-state index contributed by atoms with van der Waals surface area (Å²) in [6.07, 6.45) is 6.16. The minimum Gasteiger partial charge on any atom is -0.469 e. The van der Waals surface area contributed by atoms with Crippen molar-refractivity contribution >= 4 is 17.7 Å². The lowest BCUT2D eigenvalue weighted by Crippen LogP contribution is -2.24. The van der Waals surface area contributed by atoms with Crippen LogP contribution < -0.4 is 0 Å². The van der Waals surface area contributed by atoms with Crippen LogP contribution in [0.25, 0.3) is 0 Å². The van der Waals surface area contributed by atoms with Gasteiger partial charge in [0.05, 0.1) is 13.0 Å². The third-order valence-corrected chi connectivity index (χ3v) is 3.41. The fourth-order valence-corrected chi connectivity index (χ4v) is 2.32. The molecule has 0 N–H and O–H groups in total. The molecule has 86 valence electrons. The van der Waals surface area contributed by atoms with Gasteiger partial charge in [0.2, 0.25) is 0 Å². The predicted octanol–water partition coefficient (Wildman–Crippen LogP) is 1.48. The van der Waals surface area contributed by atoms with Gasteiger partial charge in [-0.2, -0.15) is 0 Å². The SMILES string of the molecule is COC(=O)C1CCc2nc(SC)ncc2C1. The molecule has 0 saturated heterocycles. The van der Waals surface area contributed by atoms with Crippen molar-refractivity contribution in [1.82, 2.24) is 9.97 Å². The number of hydrogen-bond donors (Lipinski definition) is 0. The van der Waals surface area contributed by atoms with E-state index in [-0.39, 0.29) is 11.9 Å². The summed E-state index contributed by atoms with van der Waals surface area (Å²) in [5.74, 6) is -0.152. The van der Waals surface area contributed by atoms with Gasteiger partial charge >= 0.3 is 5.97 Å². The van der Waals surface area contributed by atoms with E-state index in [1.807, 2.05) is 12.5 Å². The number of methoxy groups -OCH3 is 1. The lowest BCUT2D eigenvalue weighted by atomic mass is 9.87. The number of carbonyl (C=O) groups is 1. The quantitative estimate of drug-likeness (QED) is 0.444. The van der Waals surface area contributed by atoms with Gasteiger partial charge in [0.15, 0.2) is 5.16 Å². The summed E-state index contributed by atoms with van der Waals surface area (Å²) in [5, 5.41) is 0.801. The van der Waals surface area contributed by atoms with E-state index in [9.17, 15) is 4.79 Å². The van der Waals surface area contributed by atoms with Gasteiger partial charge in [-0.1, -0.05) is 11.8 Å².